The number of rotatable bonds is 4. The van der Waals surface area contributed by atoms with Crippen LogP contribution in [0.25, 0.3) is 0 Å². The summed E-state index contributed by atoms with van der Waals surface area (Å²) in [6.45, 7) is 2.05. The van der Waals surface area contributed by atoms with Crippen molar-refractivity contribution >= 4 is 18.2 Å². The van der Waals surface area contributed by atoms with Crippen LogP contribution >= 0.6 is 12.2 Å². The molecule has 20 heavy (non-hydrogen) atoms. The van der Waals surface area contributed by atoms with Crippen molar-refractivity contribution in [3.63, 3.8) is 0 Å². The molecule has 0 aliphatic rings. The van der Waals surface area contributed by atoms with E-state index in [4.69, 9.17) is 21.7 Å². The molecule has 1 aromatic heterocycles. The van der Waals surface area contributed by atoms with Gasteiger partial charge in [-0.05, 0) is 43.4 Å². The molecule has 0 atom stereocenters. The highest BCUT2D eigenvalue weighted by molar-refractivity contribution is 7.71. The van der Waals surface area contributed by atoms with Crippen LogP contribution in [-0.2, 0) is 4.74 Å². The van der Waals surface area contributed by atoms with Gasteiger partial charge in [0.15, 0.2) is 4.77 Å². The number of hydrogen-bond acceptors (Lipinski definition) is 5. The van der Waals surface area contributed by atoms with Crippen molar-refractivity contribution in [2.75, 3.05) is 6.61 Å². The topological polar surface area (TPSA) is 84.2 Å². The second-order valence-corrected chi connectivity index (χ2v) is 4.19. The van der Waals surface area contributed by atoms with Crippen molar-refractivity contribution in [2.45, 2.75) is 6.92 Å². The molecule has 6 nitrogen and oxygen atoms in total. The van der Waals surface area contributed by atoms with Gasteiger partial charge in [-0.15, -0.1) is 0 Å². The van der Waals surface area contributed by atoms with Gasteiger partial charge in [-0.1, -0.05) is 0 Å². The van der Waals surface area contributed by atoms with E-state index in [-0.39, 0.29) is 10.5 Å². The molecule has 0 unspecified atom stereocenters. The Morgan fingerprint density at radius 1 is 1.30 bits per heavy atom. The Hall–Kier alpha value is -2.41. The first kappa shape index (κ1) is 14.0. The fourth-order valence-electron chi connectivity index (χ4n) is 1.47. The van der Waals surface area contributed by atoms with Crippen LogP contribution in [0.2, 0.25) is 0 Å². The zero-order valence-corrected chi connectivity index (χ0v) is 11.5. The molecule has 0 aliphatic heterocycles. The van der Waals surface area contributed by atoms with Gasteiger partial charge in [0.05, 0.1) is 18.4 Å². The summed E-state index contributed by atoms with van der Waals surface area (Å²) in [5.41, 5.74) is -0.0104. The van der Waals surface area contributed by atoms with Crippen molar-refractivity contribution in [3.8, 4) is 11.5 Å². The number of aromatic amines is 2. The highest BCUT2D eigenvalue weighted by atomic mass is 32.1. The maximum Gasteiger partial charge on any atom is 0.338 e. The zero-order chi connectivity index (χ0) is 14.5. The Morgan fingerprint density at radius 2 is 2.00 bits per heavy atom. The molecule has 0 saturated heterocycles. The second kappa shape index (κ2) is 6.16. The molecule has 0 radical (unpaired) electrons. The van der Waals surface area contributed by atoms with Gasteiger partial charge in [-0.2, -0.15) is 0 Å². The monoisotopic (exact) mass is 292 g/mol. The van der Waals surface area contributed by atoms with Gasteiger partial charge in [0.1, 0.15) is 5.75 Å². The lowest BCUT2D eigenvalue weighted by molar-refractivity contribution is 0.0526. The maximum absolute atomic E-state index is 11.6. The van der Waals surface area contributed by atoms with E-state index in [2.05, 4.69) is 9.97 Å². The lowest BCUT2D eigenvalue weighted by Gasteiger charge is -2.05. The number of esters is 1. The van der Waals surface area contributed by atoms with Crippen LogP contribution in [0, 0.1) is 4.77 Å². The van der Waals surface area contributed by atoms with Crippen LogP contribution in [0.5, 0.6) is 11.5 Å². The zero-order valence-electron chi connectivity index (χ0n) is 10.6. The summed E-state index contributed by atoms with van der Waals surface area (Å²) in [6.07, 6.45) is 1.38. The van der Waals surface area contributed by atoms with Crippen LogP contribution < -0.4 is 10.3 Å². The van der Waals surface area contributed by atoms with E-state index < -0.39 is 11.5 Å². The van der Waals surface area contributed by atoms with Gasteiger partial charge >= 0.3 is 5.97 Å². The number of benzene rings is 1. The minimum Gasteiger partial charge on any atom is -0.462 e. The van der Waals surface area contributed by atoms with Gasteiger partial charge in [0.25, 0.3) is 5.56 Å². The average molecular weight is 292 g/mol. The number of carbonyl (C=O) groups excluding carboxylic acids is 1. The Morgan fingerprint density at radius 3 is 2.60 bits per heavy atom. The highest BCUT2D eigenvalue weighted by Gasteiger charge is 2.07. The largest absolute Gasteiger partial charge is 0.462 e. The first-order valence-electron chi connectivity index (χ1n) is 5.87. The third-order valence-electron chi connectivity index (χ3n) is 2.38. The summed E-state index contributed by atoms with van der Waals surface area (Å²) >= 11 is 4.78. The SMILES string of the molecule is CCOC(=O)c1ccc(Oc2c[nH]c(=S)[nH]c2=O)cc1. The van der Waals surface area contributed by atoms with Crippen molar-refractivity contribution in [2.24, 2.45) is 0 Å². The van der Waals surface area contributed by atoms with Gasteiger partial charge in [0.2, 0.25) is 5.75 Å². The first-order chi connectivity index (χ1) is 9.60. The molecule has 7 heteroatoms. The smallest absolute Gasteiger partial charge is 0.338 e. The Bertz CT molecular complexity index is 718. The molecular weight excluding hydrogens is 280 g/mol. The summed E-state index contributed by atoms with van der Waals surface area (Å²) in [7, 11) is 0. The molecule has 1 aromatic carbocycles. The first-order valence-corrected chi connectivity index (χ1v) is 6.28. The molecule has 2 rings (SSSR count). The van der Waals surface area contributed by atoms with Gasteiger partial charge < -0.3 is 14.5 Å². The number of ether oxygens (including phenoxy) is 2. The average Bonchev–Trinajstić information content (AvgIpc) is 2.43. The molecule has 0 amide bonds. The molecule has 104 valence electrons. The lowest BCUT2D eigenvalue weighted by atomic mass is 10.2. The Balaban J connectivity index is 2.16. The third kappa shape index (κ3) is 3.33. The molecule has 0 saturated carbocycles. The molecular formula is C13H12N2O4S. The molecule has 0 aliphatic carbocycles. The van der Waals surface area contributed by atoms with Crippen LogP contribution in [0.1, 0.15) is 17.3 Å². The van der Waals surface area contributed by atoms with Crippen molar-refractivity contribution in [3.05, 3.63) is 51.2 Å². The van der Waals surface area contributed by atoms with Crippen molar-refractivity contribution in [1.29, 1.82) is 0 Å². The van der Waals surface area contributed by atoms with Crippen molar-refractivity contribution < 1.29 is 14.3 Å². The van der Waals surface area contributed by atoms with Crippen LogP contribution in [0.15, 0.2) is 35.3 Å². The second-order valence-electron chi connectivity index (χ2n) is 3.78. The van der Waals surface area contributed by atoms with E-state index in [1.807, 2.05) is 0 Å². The van der Waals surface area contributed by atoms with Gasteiger partial charge in [-0.25, -0.2) is 4.79 Å². The number of carbonyl (C=O) groups is 1. The molecule has 2 N–H and O–H groups in total. The third-order valence-corrected chi connectivity index (χ3v) is 2.60. The quantitative estimate of drug-likeness (QED) is 0.667. The minimum atomic E-state index is -0.428. The van der Waals surface area contributed by atoms with Crippen LogP contribution in [0.3, 0.4) is 0 Å². The van der Waals surface area contributed by atoms with Gasteiger partial charge in [-0.3, -0.25) is 9.78 Å². The highest BCUT2D eigenvalue weighted by Crippen LogP contribution is 2.18. The lowest BCUT2D eigenvalue weighted by Crippen LogP contribution is -2.09. The number of nitrogens with one attached hydrogen (secondary N) is 2. The normalized spacial score (nSPS) is 10.1. The Kier molecular flexibility index (Phi) is 4.31. The summed E-state index contributed by atoms with van der Waals surface area (Å²) in [5.74, 6) is 0.109. The summed E-state index contributed by atoms with van der Waals surface area (Å²) < 4.78 is 10.5. The van der Waals surface area contributed by atoms with E-state index >= 15 is 0 Å². The van der Waals surface area contributed by atoms with Crippen LogP contribution in [-0.4, -0.2) is 22.5 Å². The van der Waals surface area contributed by atoms with E-state index in [1.54, 1.807) is 31.2 Å². The predicted molar refractivity (Wildman–Crippen MR) is 74.7 cm³/mol. The summed E-state index contributed by atoms with van der Waals surface area (Å²) in [5, 5.41) is 0. The minimum absolute atomic E-state index is 0.0856. The molecule has 0 spiro atoms. The maximum atomic E-state index is 11.6. The van der Waals surface area contributed by atoms with E-state index in [0.717, 1.165) is 0 Å². The summed E-state index contributed by atoms with van der Waals surface area (Å²) in [4.78, 5) is 28.1. The standard InChI is InChI=1S/C13H12N2O4S/c1-2-18-12(17)8-3-5-9(6-4-8)19-10-7-14-13(20)15-11(10)16/h3-7H,2H2,1H3,(H2,14,15,16,20). The van der Waals surface area contributed by atoms with E-state index in [0.29, 0.717) is 17.9 Å². The molecule has 0 bridgehead atoms. The number of hydrogen-bond donors (Lipinski definition) is 2. The molecule has 2 aromatic rings. The fourth-order valence-corrected chi connectivity index (χ4v) is 1.63. The van der Waals surface area contributed by atoms with Crippen LogP contribution in [0.4, 0.5) is 0 Å². The molecule has 0 fully saturated rings. The fraction of sp³-hybridized carbons (Fsp3) is 0.154. The predicted octanol–water partition coefficient (Wildman–Crippen LogP) is 2.40. The van der Waals surface area contributed by atoms with Gasteiger partial charge in [0, 0.05) is 0 Å². The van der Waals surface area contributed by atoms with E-state index in [1.165, 1.54) is 6.20 Å². The number of aromatic nitrogens is 2. The number of H-pyrrole nitrogens is 2. The van der Waals surface area contributed by atoms with E-state index in [9.17, 15) is 9.59 Å². The van der Waals surface area contributed by atoms with Crippen molar-refractivity contribution in [1.82, 2.24) is 9.97 Å². The summed E-state index contributed by atoms with van der Waals surface area (Å²) in [6, 6.07) is 6.28. The Labute approximate surface area is 119 Å². The molecule has 1 heterocycles.